The smallest absolute Gasteiger partial charge is 0.228 e. The molecule has 6 nitrogen and oxygen atoms in total. The molecule has 1 amide bonds. The molecule has 1 aliphatic heterocycles. The molecule has 3 heterocycles. The lowest BCUT2D eigenvalue weighted by molar-refractivity contribution is -0.136. The summed E-state index contributed by atoms with van der Waals surface area (Å²) in [6.07, 6.45) is 7.83. The minimum atomic E-state index is -0.192. The minimum Gasteiger partial charge on any atom is -0.373 e. The van der Waals surface area contributed by atoms with Gasteiger partial charge in [-0.05, 0) is 31.0 Å². The van der Waals surface area contributed by atoms with Gasteiger partial charge < -0.3 is 9.64 Å². The summed E-state index contributed by atoms with van der Waals surface area (Å²) in [5.41, 5.74) is 2.06. The molecule has 122 valence electrons. The van der Waals surface area contributed by atoms with Crippen LogP contribution in [-0.4, -0.2) is 39.2 Å². The summed E-state index contributed by atoms with van der Waals surface area (Å²) in [5.74, 6) is -0.0232. The van der Waals surface area contributed by atoms with Crippen LogP contribution in [-0.2, 0) is 22.6 Å². The molecule has 0 unspecified atom stereocenters. The number of nitrogens with zero attached hydrogens (tertiary/aromatic N) is 4. The third kappa shape index (κ3) is 3.42. The third-order valence-electron chi connectivity index (χ3n) is 4.26. The van der Waals surface area contributed by atoms with Crippen molar-refractivity contribution in [3.63, 3.8) is 0 Å². The van der Waals surface area contributed by atoms with Crippen LogP contribution < -0.4 is 0 Å². The number of amides is 1. The van der Waals surface area contributed by atoms with Crippen molar-refractivity contribution in [2.75, 3.05) is 13.7 Å². The van der Waals surface area contributed by atoms with Gasteiger partial charge in [0.25, 0.3) is 0 Å². The van der Waals surface area contributed by atoms with Crippen molar-refractivity contribution in [3.05, 3.63) is 48.0 Å². The molecular formula is C17H22N4O2. The second-order valence-corrected chi connectivity index (χ2v) is 5.87. The molecule has 2 aromatic rings. The van der Waals surface area contributed by atoms with Gasteiger partial charge in [-0.3, -0.25) is 14.5 Å². The van der Waals surface area contributed by atoms with Gasteiger partial charge in [0.05, 0.1) is 18.2 Å². The van der Waals surface area contributed by atoms with Gasteiger partial charge in [0.1, 0.15) is 0 Å². The van der Waals surface area contributed by atoms with Crippen LogP contribution in [0.3, 0.4) is 0 Å². The van der Waals surface area contributed by atoms with Gasteiger partial charge >= 0.3 is 0 Å². The summed E-state index contributed by atoms with van der Waals surface area (Å²) in [6.45, 7) is 4.05. The highest BCUT2D eigenvalue weighted by molar-refractivity contribution is 5.79. The first-order valence-corrected chi connectivity index (χ1v) is 7.97. The summed E-state index contributed by atoms with van der Waals surface area (Å²) in [6, 6.07) is 3.86. The topological polar surface area (TPSA) is 60.2 Å². The van der Waals surface area contributed by atoms with E-state index in [-0.39, 0.29) is 17.9 Å². The van der Waals surface area contributed by atoms with Gasteiger partial charge in [-0.1, -0.05) is 0 Å². The molecule has 0 N–H and O–H groups in total. The third-order valence-corrected chi connectivity index (χ3v) is 4.26. The predicted octanol–water partition coefficient (Wildman–Crippen LogP) is 2.03. The van der Waals surface area contributed by atoms with E-state index in [1.54, 1.807) is 17.3 Å². The molecule has 6 heteroatoms. The van der Waals surface area contributed by atoms with E-state index in [9.17, 15) is 4.79 Å². The summed E-state index contributed by atoms with van der Waals surface area (Å²) in [5, 5.41) is 4.29. The minimum absolute atomic E-state index is 0.119. The molecule has 0 bridgehead atoms. The van der Waals surface area contributed by atoms with Crippen LogP contribution in [0.2, 0.25) is 0 Å². The van der Waals surface area contributed by atoms with E-state index in [0.717, 1.165) is 24.1 Å². The molecule has 0 radical (unpaired) electrons. The summed E-state index contributed by atoms with van der Waals surface area (Å²) in [4.78, 5) is 18.6. The van der Waals surface area contributed by atoms with Gasteiger partial charge in [-0.25, -0.2) is 0 Å². The quantitative estimate of drug-likeness (QED) is 0.847. The molecule has 0 saturated carbocycles. The van der Waals surface area contributed by atoms with Crippen molar-refractivity contribution in [1.29, 1.82) is 0 Å². The molecule has 1 saturated heterocycles. The van der Waals surface area contributed by atoms with Crippen LogP contribution >= 0.6 is 0 Å². The van der Waals surface area contributed by atoms with E-state index in [1.807, 2.05) is 43.2 Å². The largest absolute Gasteiger partial charge is 0.373 e. The van der Waals surface area contributed by atoms with Crippen LogP contribution in [0.4, 0.5) is 0 Å². The van der Waals surface area contributed by atoms with Crippen molar-refractivity contribution in [3.8, 4) is 0 Å². The molecule has 3 rings (SSSR count). The maximum absolute atomic E-state index is 12.8. The molecule has 2 aromatic heterocycles. The van der Waals surface area contributed by atoms with Gasteiger partial charge in [-0.2, -0.15) is 5.10 Å². The summed E-state index contributed by atoms with van der Waals surface area (Å²) in [7, 11) is 1.84. The van der Waals surface area contributed by atoms with Crippen LogP contribution in [0.15, 0.2) is 36.9 Å². The Balaban J connectivity index is 1.70. The Kier molecular flexibility index (Phi) is 4.71. The van der Waals surface area contributed by atoms with Gasteiger partial charge in [0.2, 0.25) is 5.91 Å². The number of hydrogen-bond donors (Lipinski definition) is 0. The number of rotatable bonds is 5. The van der Waals surface area contributed by atoms with Crippen LogP contribution in [0.5, 0.6) is 0 Å². The van der Waals surface area contributed by atoms with Gasteiger partial charge in [-0.15, -0.1) is 0 Å². The Morgan fingerprint density at radius 1 is 1.43 bits per heavy atom. The molecule has 1 fully saturated rings. The van der Waals surface area contributed by atoms with Crippen molar-refractivity contribution in [2.45, 2.75) is 32.5 Å². The lowest BCUT2D eigenvalue weighted by Gasteiger charge is -2.24. The standard InChI is InChI=1S/C17H22N4O2/c1-3-21-12-14(10-19-21)16-15(6-9-23-16)17(22)20(2)11-13-4-7-18-8-5-13/h4-5,7-8,10,12,15-16H,3,6,9,11H2,1-2H3/t15-,16+/m0/s1. The van der Waals surface area contributed by atoms with Gasteiger partial charge in [0.15, 0.2) is 0 Å². The Morgan fingerprint density at radius 3 is 2.91 bits per heavy atom. The molecule has 0 aromatic carbocycles. The maximum Gasteiger partial charge on any atom is 0.228 e. The highest BCUT2D eigenvalue weighted by atomic mass is 16.5. The van der Waals surface area contributed by atoms with E-state index in [1.165, 1.54) is 0 Å². The van der Waals surface area contributed by atoms with Crippen LogP contribution in [0, 0.1) is 5.92 Å². The molecule has 23 heavy (non-hydrogen) atoms. The number of aromatic nitrogens is 3. The fourth-order valence-corrected chi connectivity index (χ4v) is 2.99. The molecule has 0 aliphatic carbocycles. The molecular weight excluding hydrogens is 292 g/mol. The summed E-state index contributed by atoms with van der Waals surface area (Å²) >= 11 is 0. The summed E-state index contributed by atoms with van der Waals surface area (Å²) < 4.78 is 7.68. The van der Waals surface area contributed by atoms with E-state index < -0.39 is 0 Å². The van der Waals surface area contributed by atoms with Crippen LogP contribution in [0.1, 0.15) is 30.6 Å². The van der Waals surface area contributed by atoms with Crippen molar-refractivity contribution >= 4 is 5.91 Å². The number of carbonyl (C=O) groups excluding carboxylic acids is 1. The molecule has 2 atom stereocenters. The predicted molar refractivity (Wildman–Crippen MR) is 85.4 cm³/mol. The Labute approximate surface area is 136 Å². The Hall–Kier alpha value is -2.21. The van der Waals surface area contributed by atoms with Crippen LogP contribution in [0.25, 0.3) is 0 Å². The fourth-order valence-electron chi connectivity index (χ4n) is 2.99. The average Bonchev–Trinajstić information content (AvgIpc) is 3.23. The lowest BCUT2D eigenvalue weighted by Crippen LogP contribution is -2.33. The fraction of sp³-hybridized carbons (Fsp3) is 0.471. The molecule has 0 spiro atoms. The second kappa shape index (κ2) is 6.91. The number of carbonyl (C=O) groups is 1. The Bertz CT molecular complexity index is 656. The zero-order valence-corrected chi connectivity index (χ0v) is 13.6. The first-order chi connectivity index (χ1) is 11.2. The SMILES string of the molecule is CCn1cc([C@H]2OCC[C@@H]2C(=O)N(C)Cc2ccncc2)cn1. The maximum atomic E-state index is 12.8. The van der Waals surface area contributed by atoms with Crippen molar-refractivity contribution in [1.82, 2.24) is 19.7 Å². The number of pyridine rings is 1. The van der Waals surface area contributed by atoms with E-state index >= 15 is 0 Å². The van der Waals surface area contributed by atoms with E-state index in [4.69, 9.17) is 4.74 Å². The van der Waals surface area contributed by atoms with Crippen molar-refractivity contribution in [2.24, 2.45) is 5.92 Å². The van der Waals surface area contributed by atoms with E-state index in [0.29, 0.717) is 13.2 Å². The lowest BCUT2D eigenvalue weighted by atomic mass is 9.96. The number of hydrogen-bond acceptors (Lipinski definition) is 4. The first kappa shape index (κ1) is 15.7. The highest BCUT2D eigenvalue weighted by Crippen LogP contribution is 2.35. The first-order valence-electron chi connectivity index (χ1n) is 7.97. The van der Waals surface area contributed by atoms with E-state index in [2.05, 4.69) is 10.1 Å². The highest BCUT2D eigenvalue weighted by Gasteiger charge is 2.37. The number of aryl methyl sites for hydroxylation is 1. The Morgan fingerprint density at radius 2 is 2.22 bits per heavy atom. The zero-order valence-electron chi connectivity index (χ0n) is 13.6. The van der Waals surface area contributed by atoms with Gasteiger partial charge in [0, 0.05) is 50.9 Å². The average molecular weight is 314 g/mol. The molecule has 1 aliphatic rings. The monoisotopic (exact) mass is 314 g/mol. The number of ether oxygens (including phenoxy) is 1. The zero-order chi connectivity index (χ0) is 16.2. The normalized spacial score (nSPS) is 20.6. The van der Waals surface area contributed by atoms with Crippen molar-refractivity contribution < 1.29 is 9.53 Å². The second-order valence-electron chi connectivity index (χ2n) is 5.87.